The number of nitrogens with zero attached hydrogens (tertiary/aromatic N) is 6. The highest BCUT2D eigenvalue weighted by atomic mass is 79.9. The lowest BCUT2D eigenvalue weighted by Crippen LogP contribution is -2.50. The van der Waals surface area contributed by atoms with E-state index in [2.05, 4.69) is 46.6 Å². The summed E-state index contributed by atoms with van der Waals surface area (Å²) in [5, 5.41) is 11.3. The molecule has 2 N–H and O–H groups in total. The number of nitrogens with one attached hydrogen (secondary N) is 2. The molecule has 3 amide bonds. The first-order valence-corrected chi connectivity index (χ1v) is 17.9. The van der Waals surface area contributed by atoms with Gasteiger partial charge in [-0.15, -0.1) is 0 Å². The number of likely N-dealkylation sites (tertiary alicyclic amines) is 1. The van der Waals surface area contributed by atoms with Gasteiger partial charge >= 0.3 is 0 Å². The lowest BCUT2D eigenvalue weighted by atomic mass is 9.81. The molecule has 4 aromatic rings. The number of amides is 3. The number of halogens is 1. The van der Waals surface area contributed by atoms with Gasteiger partial charge in [0.1, 0.15) is 34.5 Å². The fraction of sp³-hybridized carbons (Fsp3) is 0.459. The van der Waals surface area contributed by atoms with Crippen LogP contribution in [-0.2, 0) is 32.3 Å². The van der Waals surface area contributed by atoms with Crippen LogP contribution in [0, 0.1) is 17.8 Å². The van der Waals surface area contributed by atoms with Crippen molar-refractivity contribution >= 4 is 56.2 Å². The molecule has 14 heteroatoms. The van der Waals surface area contributed by atoms with E-state index in [1.807, 2.05) is 58.9 Å². The molecule has 2 aliphatic rings. The minimum atomic E-state index is -0.882. The minimum Gasteiger partial charge on any atom is -0.377 e. The zero-order valence-corrected chi connectivity index (χ0v) is 31.3. The Morgan fingerprint density at radius 2 is 1.82 bits per heavy atom. The number of hydrogen-bond acceptors (Lipinski definition) is 9. The Morgan fingerprint density at radius 1 is 1.08 bits per heavy atom. The maximum atomic E-state index is 14.5. The van der Waals surface area contributed by atoms with Gasteiger partial charge in [0.2, 0.25) is 17.7 Å². The molecule has 5 heterocycles. The van der Waals surface area contributed by atoms with E-state index in [0.717, 1.165) is 11.1 Å². The summed E-state index contributed by atoms with van der Waals surface area (Å²) in [5.74, 6) is -0.0893. The van der Waals surface area contributed by atoms with Crippen LogP contribution in [0.2, 0.25) is 0 Å². The summed E-state index contributed by atoms with van der Waals surface area (Å²) in [5.41, 5.74) is 1.84. The van der Waals surface area contributed by atoms with E-state index in [4.69, 9.17) is 4.74 Å². The summed E-state index contributed by atoms with van der Waals surface area (Å²) in [6.45, 7) is 11.7. The van der Waals surface area contributed by atoms with Crippen LogP contribution >= 0.6 is 15.9 Å². The van der Waals surface area contributed by atoms with Crippen LogP contribution < -0.4 is 10.6 Å². The molecule has 0 saturated carbocycles. The van der Waals surface area contributed by atoms with E-state index in [1.54, 1.807) is 23.4 Å². The Balaban J connectivity index is 1.35. The summed E-state index contributed by atoms with van der Waals surface area (Å²) < 4.78 is 8.00. The molecule has 3 aromatic heterocycles. The number of ketones is 1. The van der Waals surface area contributed by atoms with E-state index >= 15 is 0 Å². The van der Waals surface area contributed by atoms with Crippen molar-refractivity contribution in [2.24, 2.45) is 10.8 Å². The van der Waals surface area contributed by atoms with Gasteiger partial charge < -0.3 is 20.3 Å². The molecular formula is C37H43BrN8O5. The number of rotatable bonds is 4. The van der Waals surface area contributed by atoms with Crippen molar-refractivity contribution in [2.75, 3.05) is 18.5 Å². The Kier molecular flexibility index (Phi) is 10.1. The molecule has 1 aromatic carbocycles. The van der Waals surface area contributed by atoms with Crippen molar-refractivity contribution in [3.05, 3.63) is 64.4 Å². The van der Waals surface area contributed by atoms with Crippen LogP contribution in [0.25, 0.3) is 22.0 Å². The quantitative estimate of drug-likeness (QED) is 0.209. The average Bonchev–Trinajstić information content (AvgIpc) is 3.58. The monoisotopic (exact) mass is 758 g/mol. The lowest BCUT2D eigenvalue weighted by molar-refractivity contribution is -0.139. The number of hydrogen-bond donors (Lipinski definition) is 2. The Bertz CT molecular complexity index is 2010. The van der Waals surface area contributed by atoms with Gasteiger partial charge in [-0.1, -0.05) is 32.9 Å². The van der Waals surface area contributed by atoms with Crippen LogP contribution in [-0.4, -0.2) is 78.4 Å². The van der Waals surface area contributed by atoms with Crippen molar-refractivity contribution in [3.8, 4) is 11.1 Å². The largest absolute Gasteiger partial charge is 0.377 e. The van der Waals surface area contributed by atoms with E-state index in [9.17, 15) is 19.2 Å². The van der Waals surface area contributed by atoms with Crippen LogP contribution in [0.5, 0.6) is 0 Å². The highest BCUT2D eigenvalue weighted by Crippen LogP contribution is 2.41. The second-order valence-corrected chi connectivity index (χ2v) is 15.3. The van der Waals surface area contributed by atoms with Crippen LogP contribution in [0.4, 0.5) is 5.82 Å². The van der Waals surface area contributed by atoms with Gasteiger partial charge in [-0.3, -0.25) is 23.9 Å². The first-order chi connectivity index (χ1) is 24.2. The number of anilines is 1. The number of aromatic nitrogens is 5. The van der Waals surface area contributed by atoms with Crippen molar-refractivity contribution in [3.63, 3.8) is 0 Å². The minimum absolute atomic E-state index is 0.0930. The second-order valence-electron chi connectivity index (χ2n) is 14.5. The molecule has 2 bridgehead atoms. The molecule has 268 valence electrons. The number of carbonyl (C=O) groups is 4. The summed E-state index contributed by atoms with van der Waals surface area (Å²) in [6, 6.07) is 7.85. The van der Waals surface area contributed by atoms with Crippen molar-refractivity contribution < 1.29 is 23.9 Å². The number of fused-ring (bicyclic) bond motifs is 4. The Morgan fingerprint density at radius 3 is 2.55 bits per heavy atom. The van der Waals surface area contributed by atoms with Gasteiger partial charge in [-0.2, -0.15) is 5.10 Å². The molecule has 0 spiro atoms. The molecule has 3 atom stereocenters. The zero-order chi connectivity index (χ0) is 36.7. The fourth-order valence-electron chi connectivity index (χ4n) is 6.96. The first-order valence-electron chi connectivity index (χ1n) is 17.1. The number of aryl methyl sites for hydroxylation is 1. The summed E-state index contributed by atoms with van der Waals surface area (Å²) >= 11 is 3.41. The van der Waals surface area contributed by atoms with Crippen LogP contribution in [0.3, 0.4) is 0 Å². The summed E-state index contributed by atoms with van der Waals surface area (Å²) in [7, 11) is 0. The van der Waals surface area contributed by atoms with Gasteiger partial charge in [0, 0.05) is 65.9 Å². The Labute approximate surface area is 305 Å². The normalized spacial score (nSPS) is 22.7. The van der Waals surface area contributed by atoms with E-state index in [1.165, 1.54) is 11.6 Å². The molecule has 6 rings (SSSR count). The molecule has 1 saturated heterocycles. The molecular weight excluding hydrogens is 716 g/mol. The lowest BCUT2D eigenvalue weighted by Gasteiger charge is -2.34. The predicted molar refractivity (Wildman–Crippen MR) is 195 cm³/mol. The first kappa shape index (κ1) is 36.2. The Hall–Kier alpha value is -4.56. The van der Waals surface area contributed by atoms with Crippen LogP contribution in [0.1, 0.15) is 75.8 Å². The van der Waals surface area contributed by atoms with Gasteiger partial charge in [0.05, 0.1) is 12.1 Å². The van der Waals surface area contributed by atoms with Crippen molar-refractivity contribution in [1.29, 1.82) is 0 Å². The predicted octanol–water partition coefficient (Wildman–Crippen LogP) is 5.25. The third-order valence-corrected chi connectivity index (χ3v) is 10.7. The molecule has 2 aliphatic heterocycles. The molecule has 0 unspecified atom stereocenters. The maximum Gasteiger partial charge on any atom is 0.248 e. The third-order valence-electron chi connectivity index (χ3n) is 10.3. The van der Waals surface area contributed by atoms with Crippen molar-refractivity contribution in [2.45, 2.75) is 86.0 Å². The number of benzene rings is 1. The third kappa shape index (κ3) is 7.43. The number of Topliss-reactive ketones (excluding diaryl/α,β-unsaturated/α-hetero) is 1. The average molecular weight is 760 g/mol. The molecule has 0 radical (unpaired) electrons. The highest BCUT2D eigenvalue weighted by Gasteiger charge is 2.52. The van der Waals surface area contributed by atoms with Gasteiger partial charge in [-0.05, 0) is 72.8 Å². The fourth-order valence-corrected chi connectivity index (χ4v) is 7.27. The maximum absolute atomic E-state index is 14.5. The zero-order valence-electron chi connectivity index (χ0n) is 29.7. The number of carbonyl (C=O) groups excluding carboxylic acids is 4. The van der Waals surface area contributed by atoms with Gasteiger partial charge in [0.15, 0.2) is 5.78 Å². The summed E-state index contributed by atoms with van der Waals surface area (Å²) in [6.07, 6.45) is 5.05. The molecule has 1 fully saturated rings. The van der Waals surface area contributed by atoms with E-state index in [0.29, 0.717) is 58.6 Å². The SMILES string of the molecule is CC(=O)c1nn(CC(=O)N2[C@H]3C[C@](C)(CNC(=O)C(C)(C)CCCOCc4ccc(Br)nc4NC3=O)[C@H]2C)c2ccc(-c3cnc(C)nc3)cc12. The second kappa shape index (κ2) is 14.2. The van der Waals surface area contributed by atoms with E-state index in [-0.39, 0.29) is 43.0 Å². The number of ether oxygens (including phenoxy) is 1. The highest BCUT2D eigenvalue weighted by molar-refractivity contribution is 9.10. The topological polar surface area (TPSA) is 161 Å². The molecule has 51 heavy (non-hydrogen) atoms. The van der Waals surface area contributed by atoms with E-state index < -0.39 is 28.8 Å². The van der Waals surface area contributed by atoms with Crippen molar-refractivity contribution in [1.82, 2.24) is 34.9 Å². The number of pyridine rings is 1. The molecule has 13 nitrogen and oxygen atoms in total. The van der Waals surface area contributed by atoms with Crippen LogP contribution in [0.15, 0.2) is 47.3 Å². The standard InChI is InChI=1S/C37H43BrN8O5/c1-21(47)32-27-14-24(26-16-39-23(3)40-17-26)8-10-28(27)45(44-32)18-31(48)46-22(2)37(6)15-29(46)34(49)43-33-25(9-11-30(38)42-33)19-51-13-7-12-36(4,5)35(50)41-20-37/h8-11,14,16-17,22,29H,7,12-13,15,18-20H2,1-6H3,(H,41,50)(H,42,43,49)/t22-,29+,37-/m1/s1. The smallest absolute Gasteiger partial charge is 0.248 e. The van der Waals surface area contributed by atoms with Gasteiger partial charge in [0.25, 0.3) is 0 Å². The summed E-state index contributed by atoms with van der Waals surface area (Å²) in [4.78, 5) is 69.5. The molecule has 0 aliphatic carbocycles. The van der Waals surface area contributed by atoms with Gasteiger partial charge in [-0.25, -0.2) is 15.0 Å².